The standard InChI is InChI=1S/C14H16N2/c1-2-10-16-14(15)13-9-5-7-11-6-3-4-8-12(11)13/h2-9,14,16H,1,10,15H2/t14-/m0/s1. The summed E-state index contributed by atoms with van der Waals surface area (Å²) in [5.41, 5.74) is 7.21. The van der Waals surface area contributed by atoms with Gasteiger partial charge in [0.15, 0.2) is 0 Å². The van der Waals surface area contributed by atoms with Gasteiger partial charge in [0, 0.05) is 6.54 Å². The van der Waals surface area contributed by atoms with E-state index in [-0.39, 0.29) is 6.17 Å². The second-order valence-corrected chi connectivity index (χ2v) is 3.74. The van der Waals surface area contributed by atoms with Crippen molar-refractivity contribution in [3.05, 3.63) is 60.7 Å². The number of hydrogen-bond donors (Lipinski definition) is 2. The van der Waals surface area contributed by atoms with Gasteiger partial charge in [0.25, 0.3) is 0 Å². The minimum absolute atomic E-state index is 0.149. The van der Waals surface area contributed by atoms with Gasteiger partial charge in [-0.15, -0.1) is 6.58 Å². The van der Waals surface area contributed by atoms with Crippen molar-refractivity contribution in [2.45, 2.75) is 6.17 Å². The highest BCUT2D eigenvalue weighted by molar-refractivity contribution is 5.86. The first-order valence-electron chi connectivity index (χ1n) is 5.40. The minimum atomic E-state index is -0.149. The zero-order chi connectivity index (χ0) is 11.4. The van der Waals surface area contributed by atoms with Crippen molar-refractivity contribution in [3.8, 4) is 0 Å². The highest BCUT2D eigenvalue weighted by Gasteiger charge is 2.07. The molecule has 0 fully saturated rings. The summed E-state index contributed by atoms with van der Waals surface area (Å²) in [5, 5.41) is 5.62. The van der Waals surface area contributed by atoms with Crippen LogP contribution >= 0.6 is 0 Å². The molecular weight excluding hydrogens is 196 g/mol. The predicted octanol–water partition coefficient (Wildman–Crippen LogP) is 2.57. The van der Waals surface area contributed by atoms with Crippen molar-refractivity contribution in [1.82, 2.24) is 5.32 Å². The summed E-state index contributed by atoms with van der Waals surface area (Å²) in [6.07, 6.45) is 1.66. The third-order valence-corrected chi connectivity index (χ3v) is 2.64. The lowest BCUT2D eigenvalue weighted by atomic mass is 10.0. The van der Waals surface area contributed by atoms with Crippen LogP contribution in [0.15, 0.2) is 55.1 Å². The summed E-state index contributed by atoms with van der Waals surface area (Å²) in [7, 11) is 0. The first-order chi connectivity index (χ1) is 7.83. The molecule has 0 saturated carbocycles. The smallest absolute Gasteiger partial charge is 0.0818 e. The van der Waals surface area contributed by atoms with Gasteiger partial charge >= 0.3 is 0 Å². The van der Waals surface area contributed by atoms with Crippen molar-refractivity contribution in [3.63, 3.8) is 0 Å². The van der Waals surface area contributed by atoms with Crippen LogP contribution in [0.5, 0.6) is 0 Å². The number of fused-ring (bicyclic) bond motifs is 1. The van der Waals surface area contributed by atoms with E-state index < -0.39 is 0 Å². The van der Waals surface area contributed by atoms with Gasteiger partial charge in [0.2, 0.25) is 0 Å². The molecule has 0 aliphatic carbocycles. The summed E-state index contributed by atoms with van der Waals surface area (Å²) < 4.78 is 0. The molecule has 0 aliphatic heterocycles. The Bertz CT molecular complexity index is 486. The summed E-state index contributed by atoms with van der Waals surface area (Å²) in [4.78, 5) is 0. The molecule has 2 rings (SSSR count). The number of nitrogens with one attached hydrogen (secondary N) is 1. The third kappa shape index (κ3) is 2.13. The molecule has 0 unspecified atom stereocenters. The fourth-order valence-electron chi connectivity index (χ4n) is 1.84. The second-order valence-electron chi connectivity index (χ2n) is 3.74. The average molecular weight is 212 g/mol. The molecule has 2 heteroatoms. The van der Waals surface area contributed by atoms with E-state index in [0.717, 1.165) is 5.56 Å². The first-order valence-corrected chi connectivity index (χ1v) is 5.40. The number of hydrogen-bond acceptors (Lipinski definition) is 2. The highest BCUT2D eigenvalue weighted by atomic mass is 15.0. The number of rotatable bonds is 4. The van der Waals surface area contributed by atoms with Crippen LogP contribution in [0.1, 0.15) is 11.7 Å². The van der Waals surface area contributed by atoms with E-state index >= 15 is 0 Å². The maximum atomic E-state index is 6.09. The van der Waals surface area contributed by atoms with Crippen LogP contribution in [0.3, 0.4) is 0 Å². The van der Waals surface area contributed by atoms with Crippen LogP contribution in [-0.2, 0) is 0 Å². The predicted molar refractivity (Wildman–Crippen MR) is 69.1 cm³/mol. The normalized spacial score (nSPS) is 12.6. The van der Waals surface area contributed by atoms with Gasteiger partial charge in [-0.1, -0.05) is 48.5 Å². The Morgan fingerprint density at radius 3 is 2.75 bits per heavy atom. The third-order valence-electron chi connectivity index (χ3n) is 2.64. The van der Waals surface area contributed by atoms with E-state index in [0.29, 0.717) is 6.54 Å². The molecule has 2 nitrogen and oxygen atoms in total. The molecule has 0 spiro atoms. The summed E-state index contributed by atoms with van der Waals surface area (Å²) in [6, 6.07) is 14.5. The van der Waals surface area contributed by atoms with Crippen LogP contribution in [0.25, 0.3) is 10.8 Å². The Balaban J connectivity index is 2.39. The summed E-state index contributed by atoms with van der Waals surface area (Å²) in [6.45, 7) is 4.38. The Kier molecular flexibility index (Phi) is 3.34. The molecule has 0 aromatic heterocycles. The van der Waals surface area contributed by atoms with E-state index in [4.69, 9.17) is 5.73 Å². The lowest BCUT2D eigenvalue weighted by Crippen LogP contribution is -2.28. The SMILES string of the molecule is C=CCN[C@H](N)c1cccc2ccccc12. The van der Waals surface area contributed by atoms with Crippen molar-refractivity contribution in [1.29, 1.82) is 0 Å². The van der Waals surface area contributed by atoms with Gasteiger partial charge in [0.05, 0.1) is 6.17 Å². The molecule has 2 aromatic rings. The lowest BCUT2D eigenvalue weighted by molar-refractivity contribution is 0.595. The molecule has 0 bridgehead atoms. The second kappa shape index (κ2) is 4.92. The van der Waals surface area contributed by atoms with Crippen LogP contribution in [-0.4, -0.2) is 6.54 Å². The van der Waals surface area contributed by atoms with E-state index in [2.05, 4.69) is 36.2 Å². The van der Waals surface area contributed by atoms with Gasteiger partial charge in [-0.25, -0.2) is 0 Å². The van der Waals surface area contributed by atoms with Gasteiger partial charge in [-0.05, 0) is 16.3 Å². The molecule has 2 aromatic carbocycles. The molecule has 1 atom stereocenters. The maximum absolute atomic E-state index is 6.09. The van der Waals surface area contributed by atoms with Crippen molar-refractivity contribution in [2.75, 3.05) is 6.54 Å². The summed E-state index contributed by atoms with van der Waals surface area (Å²) in [5.74, 6) is 0. The monoisotopic (exact) mass is 212 g/mol. The Labute approximate surface area is 95.8 Å². The van der Waals surface area contributed by atoms with Crippen molar-refractivity contribution in [2.24, 2.45) is 5.73 Å². The molecule has 82 valence electrons. The van der Waals surface area contributed by atoms with E-state index in [1.165, 1.54) is 10.8 Å². The topological polar surface area (TPSA) is 38.0 Å². The van der Waals surface area contributed by atoms with E-state index in [1.54, 1.807) is 0 Å². The molecule has 0 aliphatic rings. The van der Waals surface area contributed by atoms with Gasteiger partial charge in [-0.3, -0.25) is 5.32 Å². The van der Waals surface area contributed by atoms with Crippen molar-refractivity contribution >= 4 is 10.8 Å². The Morgan fingerprint density at radius 2 is 1.94 bits per heavy atom. The fourth-order valence-corrected chi connectivity index (χ4v) is 1.84. The molecule has 0 amide bonds. The Morgan fingerprint density at radius 1 is 1.19 bits per heavy atom. The van der Waals surface area contributed by atoms with E-state index in [9.17, 15) is 0 Å². The molecule has 16 heavy (non-hydrogen) atoms. The number of benzene rings is 2. The van der Waals surface area contributed by atoms with Gasteiger partial charge in [0.1, 0.15) is 0 Å². The lowest BCUT2D eigenvalue weighted by Gasteiger charge is -2.15. The summed E-state index contributed by atoms with van der Waals surface area (Å²) >= 11 is 0. The van der Waals surface area contributed by atoms with Crippen LogP contribution in [0.4, 0.5) is 0 Å². The van der Waals surface area contributed by atoms with Gasteiger partial charge in [-0.2, -0.15) is 0 Å². The van der Waals surface area contributed by atoms with Crippen molar-refractivity contribution < 1.29 is 0 Å². The molecule has 0 radical (unpaired) electrons. The quantitative estimate of drug-likeness (QED) is 0.604. The van der Waals surface area contributed by atoms with Crippen LogP contribution in [0.2, 0.25) is 0 Å². The van der Waals surface area contributed by atoms with E-state index in [1.807, 2.05) is 24.3 Å². The Hall–Kier alpha value is -1.64. The van der Waals surface area contributed by atoms with Crippen LogP contribution < -0.4 is 11.1 Å². The minimum Gasteiger partial charge on any atom is -0.312 e. The fraction of sp³-hybridized carbons (Fsp3) is 0.143. The van der Waals surface area contributed by atoms with Crippen LogP contribution in [0, 0.1) is 0 Å². The zero-order valence-electron chi connectivity index (χ0n) is 9.19. The molecule has 0 heterocycles. The number of nitrogens with two attached hydrogens (primary N) is 1. The van der Waals surface area contributed by atoms with Gasteiger partial charge < -0.3 is 5.73 Å². The highest BCUT2D eigenvalue weighted by Crippen LogP contribution is 2.21. The average Bonchev–Trinajstić information content (AvgIpc) is 2.35. The largest absolute Gasteiger partial charge is 0.312 e. The molecule has 0 saturated heterocycles. The maximum Gasteiger partial charge on any atom is 0.0818 e. The first kappa shape index (κ1) is 10.9. The molecule has 3 N–H and O–H groups in total. The zero-order valence-corrected chi connectivity index (χ0v) is 9.19. The molecular formula is C14H16N2.